The van der Waals surface area contributed by atoms with Gasteiger partial charge in [-0.25, -0.2) is 18.5 Å². The first-order valence-corrected chi connectivity index (χ1v) is 7.85. The number of aromatic nitrogens is 1. The number of carbonyl (C=O) groups is 1. The van der Waals surface area contributed by atoms with E-state index in [0.717, 1.165) is 0 Å². The summed E-state index contributed by atoms with van der Waals surface area (Å²) in [4.78, 5) is 17.1. The highest BCUT2D eigenvalue weighted by Crippen LogP contribution is 2.32. The van der Waals surface area contributed by atoms with E-state index in [2.05, 4.69) is 4.98 Å². The van der Waals surface area contributed by atoms with Gasteiger partial charge in [0.2, 0.25) is 15.9 Å². The number of halogens is 2. The minimum atomic E-state index is -3.61. The summed E-state index contributed by atoms with van der Waals surface area (Å²) >= 11 is 11.7. The molecule has 0 aliphatic carbocycles. The molecule has 2 rings (SSSR count). The van der Waals surface area contributed by atoms with Crippen LogP contribution in [0.15, 0.2) is 12.3 Å². The van der Waals surface area contributed by atoms with Crippen molar-refractivity contribution in [3.8, 4) is 0 Å². The molecule has 1 aromatic heterocycles. The summed E-state index contributed by atoms with van der Waals surface area (Å²) in [5.74, 6) is -0.807. The summed E-state index contributed by atoms with van der Waals surface area (Å²) in [6, 6.07) is 1.52. The number of hydrogen-bond acceptors (Lipinski definition) is 4. The van der Waals surface area contributed by atoms with Crippen molar-refractivity contribution >= 4 is 44.8 Å². The summed E-state index contributed by atoms with van der Waals surface area (Å²) < 4.78 is 22.1. The van der Waals surface area contributed by atoms with E-state index in [1.165, 1.54) is 17.2 Å². The van der Waals surface area contributed by atoms with Gasteiger partial charge < -0.3 is 4.90 Å². The lowest BCUT2D eigenvalue weighted by Gasteiger charge is -2.17. The largest absolute Gasteiger partial charge is 0.309 e. The number of pyridine rings is 1. The minimum absolute atomic E-state index is 0.110. The molecular weight excluding hydrogens is 313 g/mol. The molecule has 2 heterocycles. The first-order chi connectivity index (χ1) is 8.76. The summed E-state index contributed by atoms with van der Waals surface area (Å²) in [6.07, 6.45) is 1.48. The van der Waals surface area contributed by atoms with Crippen LogP contribution in [0.4, 0.5) is 5.69 Å². The second-order valence-corrected chi connectivity index (χ2v) is 6.82. The van der Waals surface area contributed by atoms with E-state index >= 15 is 0 Å². The molecule has 1 unspecified atom stereocenters. The molecule has 6 nitrogen and oxygen atoms in total. The van der Waals surface area contributed by atoms with Gasteiger partial charge in [-0.15, -0.1) is 0 Å². The zero-order chi connectivity index (χ0) is 14.2. The molecule has 1 amide bonds. The second-order valence-electron chi connectivity index (χ2n) is 4.37. The Morgan fingerprint density at radius 3 is 2.79 bits per heavy atom. The number of rotatable bonds is 3. The molecule has 0 aromatic carbocycles. The standard InChI is InChI=1S/C10H11Cl2N3O3S/c11-7-2-8(10(12)14-3-7)15-4-6(1-9(15)16)5-19(13,17)18/h2-3,6H,1,4-5H2,(H2,13,17,18). The fraction of sp³-hybridized carbons (Fsp3) is 0.400. The Balaban J connectivity index is 2.23. The number of anilines is 1. The Kier molecular flexibility index (Phi) is 4.00. The first-order valence-electron chi connectivity index (χ1n) is 5.38. The third-order valence-electron chi connectivity index (χ3n) is 2.75. The van der Waals surface area contributed by atoms with Crippen LogP contribution in [-0.4, -0.2) is 31.6 Å². The lowest BCUT2D eigenvalue weighted by atomic mass is 10.1. The maximum Gasteiger partial charge on any atom is 0.227 e. The highest BCUT2D eigenvalue weighted by Gasteiger charge is 2.34. The average molecular weight is 324 g/mol. The molecule has 0 bridgehead atoms. The van der Waals surface area contributed by atoms with Crippen molar-refractivity contribution in [2.24, 2.45) is 11.1 Å². The summed E-state index contributed by atoms with van der Waals surface area (Å²) in [5, 5.41) is 5.48. The first kappa shape index (κ1) is 14.5. The fourth-order valence-electron chi connectivity index (χ4n) is 2.06. The Morgan fingerprint density at radius 1 is 1.47 bits per heavy atom. The van der Waals surface area contributed by atoms with Gasteiger partial charge in [-0.05, 0) is 6.07 Å². The third-order valence-corrected chi connectivity index (χ3v) is 4.19. The Bertz CT molecular complexity index is 620. The van der Waals surface area contributed by atoms with Gasteiger partial charge in [0, 0.05) is 25.1 Å². The summed E-state index contributed by atoms with van der Waals surface area (Å²) in [5.41, 5.74) is 0.385. The zero-order valence-electron chi connectivity index (χ0n) is 9.71. The molecule has 1 fully saturated rings. The highest BCUT2D eigenvalue weighted by atomic mass is 35.5. The van der Waals surface area contributed by atoms with E-state index in [-0.39, 0.29) is 35.7 Å². The van der Waals surface area contributed by atoms with Crippen molar-refractivity contribution in [2.75, 3.05) is 17.2 Å². The molecule has 1 aliphatic rings. The maximum atomic E-state index is 11.9. The number of primary sulfonamides is 1. The number of amides is 1. The smallest absolute Gasteiger partial charge is 0.227 e. The SMILES string of the molecule is NS(=O)(=O)CC1CC(=O)N(c2cc(Cl)cnc2Cl)C1. The molecule has 2 N–H and O–H groups in total. The number of hydrogen-bond donors (Lipinski definition) is 1. The molecule has 1 aromatic rings. The average Bonchev–Trinajstić information content (AvgIpc) is 2.60. The van der Waals surface area contributed by atoms with Gasteiger partial charge in [0.1, 0.15) is 0 Å². The van der Waals surface area contributed by atoms with E-state index in [9.17, 15) is 13.2 Å². The second kappa shape index (κ2) is 5.24. The van der Waals surface area contributed by atoms with Crippen molar-refractivity contribution in [3.05, 3.63) is 22.4 Å². The van der Waals surface area contributed by atoms with Crippen LogP contribution in [-0.2, 0) is 14.8 Å². The fourth-order valence-corrected chi connectivity index (χ4v) is 3.29. The van der Waals surface area contributed by atoms with Gasteiger partial charge >= 0.3 is 0 Å². The summed E-state index contributed by atoms with van der Waals surface area (Å²) in [6.45, 7) is 0.233. The molecule has 1 saturated heterocycles. The zero-order valence-corrected chi connectivity index (χ0v) is 12.0. The number of sulfonamides is 1. The maximum absolute atomic E-state index is 11.9. The molecule has 1 aliphatic heterocycles. The Morgan fingerprint density at radius 2 is 2.16 bits per heavy atom. The van der Waals surface area contributed by atoms with E-state index in [1.54, 1.807) is 0 Å². The van der Waals surface area contributed by atoms with Crippen LogP contribution in [0.1, 0.15) is 6.42 Å². The van der Waals surface area contributed by atoms with Gasteiger partial charge in [-0.1, -0.05) is 23.2 Å². The quantitative estimate of drug-likeness (QED) is 0.840. The van der Waals surface area contributed by atoms with Gasteiger partial charge in [-0.3, -0.25) is 4.79 Å². The molecular formula is C10H11Cl2N3O3S. The predicted octanol–water partition coefficient (Wildman–Crippen LogP) is 1.03. The van der Waals surface area contributed by atoms with Crippen molar-refractivity contribution in [3.63, 3.8) is 0 Å². The van der Waals surface area contributed by atoms with Gasteiger partial charge in [0.25, 0.3) is 0 Å². The van der Waals surface area contributed by atoms with E-state index < -0.39 is 10.0 Å². The van der Waals surface area contributed by atoms with Crippen molar-refractivity contribution < 1.29 is 13.2 Å². The van der Waals surface area contributed by atoms with E-state index in [4.69, 9.17) is 28.3 Å². The van der Waals surface area contributed by atoms with Crippen LogP contribution in [0.25, 0.3) is 0 Å². The van der Waals surface area contributed by atoms with Gasteiger partial charge in [0.15, 0.2) is 5.15 Å². The summed E-state index contributed by atoms with van der Waals surface area (Å²) in [7, 11) is -3.61. The van der Waals surface area contributed by atoms with Crippen molar-refractivity contribution in [1.82, 2.24) is 4.98 Å². The van der Waals surface area contributed by atoms with Crippen LogP contribution in [0.5, 0.6) is 0 Å². The van der Waals surface area contributed by atoms with Gasteiger partial charge in [-0.2, -0.15) is 0 Å². The monoisotopic (exact) mass is 323 g/mol. The van der Waals surface area contributed by atoms with E-state index in [1.807, 2.05) is 0 Å². The van der Waals surface area contributed by atoms with Crippen LogP contribution >= 0.6 is 23.2 Å². The molecule has 19 heavy (non-hydrogen) atoms. The highest BCUT2D eigenvalue weighted by molar-refractivity contribution is 7.89. The molecule has 0 radical (unpaired) electrons. The van der Waals surface area contributed by atoms with Crippen molar-refractivity contribution in [1.29, 1.82) is 0 Å². The Labute approximate surface area is 120 Å². The minimum Gasteiger partial charge on any atom is -0.309 e. The molecule has 0 saturated carbocycles. The third kappa shape index (κ3) is 3.56. The van der Waals surface area contributed by atoms with Gasteiger partial charge in [0.05, 0.1) is 16.5 Å². The lowest BCUT2D eigenvalue weighted by Crippen LogP contribution is -2.27. The predicted molar refractivity (Wildman–Crippen MR) is 72.7 cm³/mol. The lowest BCUT2D eigenvalue weighted by molar-refractivity contribution is -0.117. The van der Waals surface area contributed by atoms with Crippen LogP contribution in [0.2, 0.25) is 10.2 Å². The number of nitrogens with two attached hydrogens (primary N) is 1. The topological polar surface area (TPSA) is 93.4 Å². The molecule has 104 valence electrons. The number of nitrogens with zero attached hydrogens (tertiary/aromatic N) is 2. The molecule has 0 spiro atoms. The van der Waals surface area contributed by atoms with Crippen LogP contribution in [0.3, 0.4) is 0 Å². The van der Waals surface area contributed by atoms with Crippen LogP contribution < -0.4 is 10.0 Å². The van der Waals surface area contributed by atoms with Crippen molar-refractivity contribution in [2.45, 2.75) is 6.42 Å². The molecule has 1 atom stereocenters. The molecule has 9 heteroatoms. The van der Waals surface area contributed by atoms with E-state index in [0.29, 0.717) is 10.7 Å². The number of carbonyl (C=O) groups excluding carboxylic acids is 1. The van der Waals surface area contributed by atoms with Crippen LogP contribution in [0, 0.1) is 5.92 Å². The Hall–Kier alpha value is -0.890. The normalized spacial score (nSPS) is 20.1.